The van der Waals surface area contributed by atoms with E-state index in [0.717, 1.165) is 12.1 Å². The third-order valence-corrected chi connectivity index (χ3v) is 4.61. The van der Waals surface area contributed by atoms with Crippen molar-refractivity contribution in [2.45, 2.75) is 13.3 Å². The lowest BCUT2D eigenvalue weighted by atomic mass is 10.1. The molecule has 2 aromatic carbocycles. The van der Waals surface area contributed by atoms with Gasteiger partial charge >= 0.3 is 5.97 Å². The molecule has 5 nitrogen and oxygen atoms in total. The van der Waals surface area contributed by atoms with Gasteiger partial charge in [-0.15, -0.1) is 0 Å². The number of carboxylic acid groups (broad SMARTS) is 1. The van der Waals surface area contributed by atoms with E-state index in [1.54, 1.807) is 24.3 Å². The fourth-order valence-electron chi connectivity index (χ4n) is 2.36. The molecule has 1 aliphatic rings. The molecule has 0 unspecified atom stereocenters. The number of carbonyl (C=O) groups excluding carboxylic acids is 1. The molecular weight excluding hydrogens is 336 g/mol. The lowest BCUT2D eigenvalue weighted by Gasteiger charge is -2.00. The van der Waals surface area contributed by atoms with E-state index in [-0.39, 0.29) is 11.5 Å². The standard InChI is InChI=1S/C19H16N2O3S/c1-2-12-7-9-14(10-8-12)20-19-21-17(22)16(25-19)11-13-5-3-4-6-15(13)18(23)24/h3-11H,2H2,1H3,(H,23,24)(H,20,21,22)/b16-11+. The van der Waals surface area contributed by atoms with Gasteiger partial charge in [-0.3, -0.25) is 4.79 Å². The predicted octanol–water partition coefficient (Wildman–Crippen LogP) is 3.84. The molecular formula is C19H16N2O3S. The largest absolute Gasteiger partial charge is 0.478 e. The molecule has 0 saturated carbocycles. The summed E-state index contributed by atoms with van der Waals surface area (Å²) in [5.74, 6) is -1.31. The number of aliphatic imine (C=N–C) groups is 1. The minimum atomic E-state index is -1.03. The minimum Gasteiger partial charge on any atom is -0.478 e. The maximum Gasteiger partial charge on any atom is 0.336 e. The molecule has 1 amide bonds. The van der Waals surface area contributed by atoms with Crippen molar-refractivity contribution in [3.05, 3.63) is 70.1 Å². The molecule has 0 bridgehead atoms. The molecule has 6 heteroatoms. The zero-order valence-electron chi connectivity index (χ0n) is 13.5. The number of rotatable bonds is 4. The number of amides is 1. The summed E-state index contributed by atoms with van der Waals surface area (Å²) in [5, 5.41) is 12.4. The van der Waals surface area contributed by atoms with Crippen molar-refractivity contribution in [1.29, 1.82) is 0 Å². The Morgan fingerprint density at radius 1 is 1.20 bits per heavy atom. The van der Waals surface area contributed by atoms with Crippen LogP contribution in [-0.4, -0.2) is 22.2 Å². The average Bonchev–Trinajstić information content (AvgIpc) is 2.95. The van der Waals surface area contributed by atoms with Gasteiger partial charge in [-0.25, -0.2) is 9.79 Å². The number of nitrogens with one attached hydrogen (secondary N) is 1. The van der Waals surface area contributed by atoms with Crippen molar-refractivity contribution in [2.24, 2.45) is 4.99 Å². The highest BCUT2D eigenvalue weighted by Gasteiger charge is 2.24. The van der Waals surface area contributed by atoms with E-state index in [9.17, 15) is 14.7 Å². The molecule has 25 heavy (non-hydrogen) atoms. The quantitative estimate of drug-likeness (QED) is 0.820. The molecule has 1 fully saturated rings. The molecule has 1 saturated heterocycles. The molecule has 3 rings (SSSR count). The second kappa shape index (κ2) is 7.36. The summed E-state index contributed by atoms with van der Waals surface area (Å²) < 4.78 is 0. The molecule has 0 spiro atoms. The second-order valence-corrected chi connectivity index (χ2v) is 6.42. The number of thioether (sulfide) groups is 1. The van der Waals surface area contributed by atoms with Crippen molar-refractivity contribution in [3.63, 3.8) is 0 Å². The number of nitrogens with zero attached hydrogens (tertiary/aromatic N) is 1. The molecule has 0 aromatic heterocycles. The summed E-state index contributed by atoms with van der Waals surface area (Å²) >= 11 is 1.20. The SMILES string of the molecule is CCc1ccc(N=C2NC(=O)/C(=C\c3ccccc3C(=O)O)S2)cc1. The third-order valence-electron chi connectivity index (χ3n) is 3.70. The first-order chi connectivity index (χ1) is 12.1. The summed E-state index contributed by atoms with van der Waals surface area (Å²) in [7, 11) is 0. The van der Waals surface area contributed by atoms with Gasteiger partial charge in [0.1, 0.15) is 0 Å². The van der Waals surface area contributed by atoms with Crippen LogP contribution in [0.25, 0.3) is 6.08 Å². The van der Waals surface area contributed by atoms with E-state index in [0.29, 0.717) is 15.6 Å². The first-order valence-corrected chi connectivity index (χ1v) is 8.59. The molecule has 126 valence electrons. The number of amidine groups is 1. The van der Waals surface area contributed by atoms with Crippen LogP contribution in [-0.2, 0) is 11.2 Å². The zero-order valence-corrected chi connectivity index (χ0v) is 14.3. The summed E-state index contributed by atoms with van der Waals surface area (Å²) in [6, 6.07) is 14.4. The highest BCUT2D eigenvalue weighted by atomic mass is 32.2. The van der Waals surface area contributed by atoms with Crippen LogP contribution in [0.3, 0.4) is 0 Å². The predicted molar refractivity (Wildman–Crippen MR) is 100 cm³/mol. The fourth-order valence-corrected chi connectivity index (χ4v) is 3.20. The van der Waals surface area contributed by atoms with E-state index < -0.39 is 5.97 Å². The van der Waals surface area contributed by atoms with Gasteiger partial charge in [-0.05, 0) is 53.6 Å². The monoisotopic (exact) mass is 352 g/mol. The van der Waals surface area contributed by atoms with Crippen LogP contribution >= 0.6 is 11.8 Å². The fraction of sp³-hybridized carbons (Fsp3) is 0.105. The topological polar surface area (TPSA) is 78.8 Å². The van der Waals surface area contributed by atoms with Gasteiger partial charge in [0.25, 0.3) is 5.91 Å². The number of hydrogen-bond acceptors (Lipinski definition) is 4. The van der Waals surface area contributed by atoms with Crippen molar-refractivity contribution < 1.29 is 14.7 Å². The minimum absolute atomic E-state index is 0.156. The van der Waals surface area contributed by atoms with E-state index in [2.05, 4.69) is 17.2 Å². The molecule has 2 N–H and O–H groups in total. The third kappa shape index (κ3) is 3.97. The number of carboxylic acids is 1. The Kier molecular flexibility index (Phi) is 5.00. The Hall–Kier alpha value is -2.86. The number of carbonyl (C=O) groups is 2. The van der Waals surface area contributed by atoms with E-state index in [1.807, 2.05) is 24.3 Å². The van der Waals surface area contributed by atoms with Gasteiger partial charge in [0.05, 0.1) is 16.2 Å². The molecule has 1 aliphatic heterocycles. The van der Waals surface area contributed by atoms with E-state index >= 15 is 0 Å². The number of benzene rings is 2. The Morgan fingerprint density at radius 3 is 2.60 bits per heavy atom. The van der Waals surface area contributed by atoms with Crippen molar-refractivity contribution in [1.82, 2.24) is 5.32 Å². The number of aromatic carboxylic acids is 1. The smallest absolute Gasteiger partial charge is 0.336 e. The average molecular weight is 352 g/mol. The molecule has 0 atom stereocenters. The van der Waals surface area contributed by atoms with Gasteiger partial charge in [0.2, 0.25) is 0 Å². The lowest BCUT2D eigenvalue weighted by molar-refractivity contribution is -0.115. The van der Waals surface area contributed by atoms with Crippen LogP contribution in [0.4, 0.5) is 5.69 Å². The molecule has 1 heterocycles. The summed E-state index contributed by atoms with van der Waals surface area (Å²) in [5.41, 5.74) is 2.62. The van der Waals surface area contributed by atoms with Crippen molar-refractivity contribution >= 4 is 40.6 Å². The molecule has 0 aliphatic carbocycles. The first-order valence-electron chi connectivity index (χ1n) is 7.77. The Bertz CT molecular complexity index is 886. The lowest BCUT2D eigenvalue weighted by Crippen LogP contribution is -2.19. The van der Waals surface area contributed by atoms with Crippen LogP contribution in [0.2, 0.25) is 0 Å². The van der Waals surface area contributed by atoms with Gasteiger partial charge in [-0.2, -0.15) is 0 Å². The maximum atomic E-state index is 12.1. The van der Waals surface area contributed by atoms with Crippen LogP contribution in [0.5, 0.6) is 0 Å². The van der Waals surface area contributed by atoms with Crippen LogP contribution in [0.15, 0.2) is 58.4 Å². The summed E-state index contributed by atoms with van der Waals surface area (Å²) in [6.45, 7) is 2.08. The Balaban J connectivity index is 1.85. The van der Waals surface area contributed by atoms with Gasteiger partial charge in [0.15, 0.2) is 5.17 Å². The van der Waals surface area contributed by atoms with E-state index in [1.165, 1.54) is 23.4 Å². The highest BCUT2D eigenvalue weighted by molar-refractivity contribution is 8.18. The van der Waals surface area contributed by atoms with Crippen LogP contribution < -0.4 is 5.32 Å². The number of hydrogen-bond donors (Lipinski definition) is 2. The zero-order chi connectivity index (χ0) is 17.8. The van der Waals surface area contributed by atoms with Crippen LogP contribution in [0.1, 0.15) is 28.4 Å². The molecule has 0 radical (unpaired) electrons. The molecule has 2 aromatic rings. The van der Waals surface area contributed by atoms with Crippen molar-refractivity contribution in [2.75, 3.05) is 0 Å². The maximum absolute atomic E-state index is 12.1. The first kappa shape index (κ1) is 17.0. The van der Waals surface area contributed by atoms with Crippen molar-refractivity contribution in [3.8, 4) is 0 Å². The Labute approximate surface area is 149 Å². The van der Waals surface area contributed by atoms with Crippen LogP contribution in [0, 0.1) is 0 Å². The van der Waals surface area contributed by atoms with Gasteiger partial charge in [-0.1, -0.05) is 37.3 Å². The summed E-state index contributed by atoms with van der Waals surface area (Å²) in [6.07, 6.45) is 2.53. The van der Waals surface area contributed by atoms with Gasteiger partial charge in [0, 0.05) is 0 Å². The van der Waals surface area contributed by atoms with E-state index in [4.69, 9.17) is 0 Å². The number of aryl methyl sites for hydroxylation is 1. The highest BCUT2D eigenvalue weighted by Crippen LogP contribution is 2.28. The van der Waals surface area contributed by atoms with Gasteiger partial charge < -0.3 is 10.4 Å². The Morgan fingerprint density at radius 2 is 1.92 bits per heavy atom. The normalized spacial score (nSPS) is 17.1. The summed E-state index contributed by atoms with van der Waals surface area (Å²) in [4.78, 5) is 28.2. The second-order valence-electron chi connectivity index (χ2n) is 5.39.